The molecule has 1 aliphatic rings. The van der Waals surface area contributed by atoms with E-state index < -0.39 is 0 Å². The maximum atomic E-state index is 12.8. The van der Waals surface area contributed by atoms with E-state index in [1.807, 2.05) is 78.3 Å². The Bertz CT molecular complexity index is 1370. The zero-order valence-corrected chi connectivity index (χ0v) is 19.7. The van der Waals surface area contributed by atoms with Crippen molar-refractivity contribution in [2.24, 2.45) is 0 Å². The van der Waals surface area contributed by atoms with Crippen LogP contribution in [0, 0.1) is 6.92 Å². The molecule has 5 rings (SSSR count). The Balaban J connectivity index is 1.32. The van der Waals surface area contributed by atoms with Crippen molar-refractivity contribution in [3.8, 4) is 17.0 Å². The van der Waals surface area contributed by atoms with Crippen LogP contribution in [0.2, 0.25) is 0 Å². The Morgan fingerprint density at radius 2 is 1.80 bits per heavy atom. The summed E-state index contributed by atoms with van der Waals surface area (Å²) in [5, 5.41) is 7.64. The Kier molecular flexibility index (Phi) is 6.06. The molecule has 0 unspecified atom stereocenters. The Morgan fingerprint density at radius 3 is 2.51 bits per heavy atom. The molecule has 0 saturated heterocycles. The zero-order chi connectivity index (χ0) is 24.4. The zero-order valence-electron chi connectivity index (χ0n) is 19.7. The predicted molar refractivity (Wildman–Crippen MR) is 136 cm³/mol. The van der Waals surface area contributed by atoms with Crippen LogP contribution in [-0.2, 0) is 17.9 Å². The molecule has 0 radical (unpaired) electrons. The number of ether oxygens (including phenoxy) is 1. The molecule has 2 heterocycles. The van der Waals surface area contributed by atoms with E-state index in [1.165, 1.54) is 0 Å². The summed E-state index contributed by atoms with van der Waals surface area (Å²) in [7, 11) is 1.64. The van der Waals surface area contributed by atoms with Gasteiger partial charge in [-0.3, -0.25) is 14.5 Å². The number of nitrogens with one attached hydrogen (secondary N) is 1. The number of anilines is 2. The summed E-state index contributed by atoms with van der Waals surface area (Å²) in [6, 6.07) is 24.7. The minimum Gasteiger partial charge on any atom is -0.497 e. The number of aryl methyl sites for hydroxylation is 2. The quantitative estimate of drug-likeness (QED) is 0.431. The molecule has 35 heavy (non-hydrogen) atoms. The lowest BCUT2D eigenvalue weighted by molar-refractivity contribution is -0.119. The van der Waals surface area contributed by atoms with E-state index in [4.69, 9.17) is 9.84 Å². The largest absolute Gasteiger partial charge is 0.497 e. The number of rotatable bonds is 6. The minimum atomic E-state index is -0.168. The van der Waals surface area contributed by atoms with Crippen LogP contribution < -0.4 is 15.0 Å². The molecule has 0 saturated carbocycles. The van der Waals surface area contributed by atoms with Gasteiger partial charge >= 0.3 is 0 Å². The van der Waals surface area contributed by atoms with Gasteiger partial charge in [0, 0.05) is 29.3 Å². The molecule has 0 aliphatic carbocycles. The topological polar surface area (TPSA) is 76.5 Å². The van der Waals surface area contributed by atoms with Gasteiger partial charge in [0.15, 0.2) is 0 Å². The third-order valence-electron chi connectivity index (χ3n) is 6.09. The first-order chi connectivity index (χ1) is 17.0. The van der Waals surface area contributed by atoms with Gasteiger partial charge in [-0.2, -0.15) is 5.10 Å². The number of fused-ring (bicyclic) bond motifs is 1. The summed E-state index contributed by atoms with van der Waals surface area (Å²) in [4.78, 5) is 27.2. The number of hydrogen-bond donors (Lipinski definition) is 1. The van der Waals surface area contributed by atoms with Crippen molar-refractivity contribution in [2.75, 3.05) is 17.3 Å². The summed E-state index contributed by atoms with van der Waals surface area (Å²) < 4.78 is 7.12. The predicted octanol–water partition coefficient (Wildman–Crippen LogP) is 5.06. The summed E-state index contributed by atoms with van der Waals surface area (Å²) in [6.45, 7) is 2.95. The number of carbonyl (C=O) groups excluding carboxylic acids is 2. The molecule has 4 aromatic rings. The summed E-state index contributed by atoms with van der Waals surface area (Å²) in [5.74, 6) is 1.44. The fraction of sp³-hybridized carbons (Fsp3) is 0.179. The lowest BCUT2D eigenvalue weighted by Crippen LogP contribution is -2.36. The van der Waals surface area contributed by atoms with E-state index >= 15 is 0 Å². The van der Waals surface area contributed by atoms with Gasteiger partial charge in [0.1, 0.15) is 11.6 Å². The third kappa shape index (κ3) is 4.80. The van der Waals surface area contributed by atoms with Crippen LogP contribution in [0.15, 0.2) is 78.9 Å². The fourth-order valence-electron chi connectivity index (χ4n) is 4.20. The van der Waals surface area contributed by atoms with Crippen LogP contribution >= 0.6 is 0 Å². The third-order valence-corrected chi connectivity index (χ3v) is 6.09. The second-order valence-corrected chi connectivity index (χ2v) is 8.59. The number of amides is 2. The second kappa shape index (κ2) is 9.46. The molecule has 3 aromatic carbocycles. The molecule has 1 aromatic heterocycles. The normalized spacial score (nSPS) is 12.9. The first-order valence-electron chi connectivity index (χ1n) is 11.5. The van der Waals surface area contributed by atoms with E-state index in [2.05, 4.69) is 5.32 Å². The van der Waals surface area contributed by atoms with E-state index in [9.17, 15) is 9.59 Å². The van der Waals surface area contributed by atoms with E-state index in [0.717, 1.165) is 39.6 Å². The molecule has 176 valence electrons. The average Bonchev–Trinajstić information content (AvgIpc) is 3.31. The molecule has 0 atom stereocenters. The number of carbonyl (C=O) groups is 2. The number of methoxy groups -OCH3 is 1. The van der Waals surface area contributed by atoms with Gasteiger partial charge in [-0.25, -0.2) is 4.68 Å². The van der Waals surface area contributed by atoms with Gasteiger partial charge in [-0.15, -0.1) is 0 Å². The van der Waals surface area contributed by atoms with Crippen LogP contribution in [0.5, 0.6) is 5.75 Å². The van der Waals surface area contributed by atoms with E-state index in [1.54, 1.807) is 24.1 Å². The highest BCUT2D eigenvalue weighted by atomic mass is 16.5. The minimum absolute atomic E-state index is 0.0555. The molecule has 1 aliphatic heterocycles. The SMILES string of the molecule is COc1ccc(-c2cc3n(n2)CCC(=O)N3Cc2ccc(C(=O)Nc3cccc(C)c3)cc2)cc1. The number of aromatic nitrogens is 2. The van der Waals surface area contributed by atoms with Crippen LogP contribution in [0.3, 0.4) is 0 Å². The molecular weight excluding hydrogens is 440 g/mol. The molecule has 7 heteroatoms. The average molecular weight is 467 g/mol. The van der Waals surface area contributed by atoms with Crippen LogP contribution in [-0.4, -0.2) is 28.7 Å². The monoisotopic (exact) mass is 466 g/mol. The van der Waals surface area contributed by atoms with Crippen molar-refractivity contribution in [1.82, 2.24) is 9.78 Å². The van der Waals surface area contributed by atoms with Gasteiger partial charge in [0.05, 0.1) is 25.9 Å². The second-order valence-electron chi connectivity index (χ2n) is 8.59. The van der Waals surface area contributed by atoms with E-state index in [0.29, 0.717) is 25.1 Å². The molecule has 0 fully saturated rings. The Hall–Kier alpha value is -4.39. The smallest absolute Gasteiger partial charge is 0.255 e. The molecule has 7 nitrogen and oxygen atoms in total. The summed E-state index contributed by atoms with van der Waals surface area (Å²) in [6.07, 6.45) is 0.397. The Morgan fingerprint density at radius 1 is 1.03 bits per heavy atom. The standard InChI is InChI=1S/C28H26N4O3/c1-19-4-3-5-23(16-19)29-28(34)22-8-6-20(7-9-22)18-31-26-17-25(30-32(26)15-14-27(31)33)21-10-12-24(35-2)13-11-21/h3-13,16-17H,14-15,18H2,1-2H3,(H,29,34). The van der Waals surface area contributed by atoms with Crippen molar-refractivity contribution in [3.05, 3.63) is 95.6 Å². The van der Waals surface area contributed by atoms with Crippen LogP contribution in [0.1, 0.15) is 27.9 Å². The Labute approximate surface area is 204 Å². The highest BCUT2D eigenvalue weighted by Crippen LogP contribution is 2.30. The van der Waals surface area contributed by atoms with Gasteiger partial charge < -0.3 is 10.1 Å². The van der Waals surface area contributed by atoms with Gasteiger partial charge in [0.25, 0.3) is 5.91 Å². The molecular formula is C28H26N4O3. The van der Waals surface area contributed by atoms with Gasteiger partial charge in [0.2, 0.25) is 5.91 Å². The van der Waals surface area contributed by atoms with Crippen molar-refractivity contribution >= 4 is 23.3 Å². The number of benzene rings is 3. The fourth-order valence-corrected chi connectivity index (χ4v) is 4.20. The molecule has 1 N–H and O–H groups in total. The molecule has 0 bridgehead atoms. The molecule has 2 amide bonds. The van der Waals surface area contributed by atoms with Gasteiger partial charge in [-0.1, -0.05) is 24.3 Å². The maximum absolute atomic E-state index is 12.8. The maximum Gasteiger partial charge on any atom is 0.255 e. The lowest BCUT2D eigenvalue weighted by atomic mass is 10.1. The highest BCUT2D eigenvalue weighted by molar-refractivity contribution is 6.04. The first kappa shape index (κ1) is 22.4. The van der Waals surface area contributed by atoms with Crippen molar-refractivity contribution in [2.45, 2.75) is 26.4 Å². The van der Waals surface area contributed by atoms with Gasteiger partial charge in [-0.05, 0) is 66.6 Å². The number of nitrogens with zero attached hydrogens (tertiary/aromatic N) is 3. The summed E-state index contributed by atoms with van der Waals surface area (Å²) in [5.41, 5.74) is 5.12. The number of hydrogen-bond acceptors (Lipinski definition) is 4. The lowest BCUT2D eigenvalue weighted by Gasteiger charge is -2.27. The summed E-state index contributed by atoms with van der Waals surface area (Å²) >= 11 is 0. The van der Waals surface area contributed by atoms with Crippen LogP contribution in [0.4, 0.5) is 11.5 Å². The van der Waals surface area contributed by atoms with E-state index in [-0.39, 0.29) is 11.8 Å². The van der Waals surface area contributed by atoms with Crippen LogP contribution in [0.25, 0.3) is 11.3 Å². The van der Waals surface area contributed by atoms with Crippen molar-refractivity contribution in [1.29, 1.82) is 0 Å². The molecule has 0 spiro atoms. The van der Waals surface area contributed by atoms with Crippen molar-refractivity contribution in [3.63, 3.8) is 0 Å². The highest BCUT2D eigenvalue weighted by Gasteiger charge is 2.26. The first-order valence-corrected chi connectivity index (χ1v) is 11.5. The van der Waals surface area contributed by atoms with Crippen molar-refractivity contribution < 1.29 is 14.3 Å².